The van der Waals surface area contributed by atoms with E-state index in [2.05, 4.69) is 36.4 Å². The topological polar surface area (TPSA) is 0 Å². The molecule has 0 aliphatic heterocycles. The molecule has 0 N–H and O–H groups in total. The Morgan fingerprint density at radius 3 is 2.44 bits per heavy atom. The fourth-order valence-electron chi connectivity index (χ4n) is 2.64. The van der Waals surface area contributed by atoms with E-state index in [1.807, 2.05) is 6.07 Å². The Labute approximate surface area is 95.9 Å². The molecule has 0 nitrogen and oxygen atoms in total. The molecule has 16 heavy (non-hydrogen) atoms. The van der Waals surface area contributed by atoms with E-state index >= 15 is 0 Å². The number of aryl methyl sites for hydroxylation is 1. The van der Waals surface area contributed by atoms with E-state index in [4.69, 9.17) is 1.37 Å². The zero-order chi connectivity index (χ0) is 11.4. The number of hydrogen-bond acceptors (Lipinski definition) is 0. The first-order valence-corrected chi connectivity index (χ1v) is 5.77. The molecule has 76 valence electrons. The van der Waals surface area contributed by atoms with E-state index in [9.17, 15) is 0 Å². The maximum absolute atomic E-state index is 8.00. The predicted molar refractivity (Wildman–Crippen MR) is 68.9 cm³/mol. The van der Waals surface area contributed by atoms with Gasteiger partial charge in [0.15, 0.2) is 0 Å². The highest BCUT2D eigenvalue weighted by Crippen LogP contribution is 2.33. The summed E-state index contributed by atoms with van der Waals surface area (Å²) in [5.74, 6) is 0. The summed E-state index contributed by atoms with van der Waals surface area (Å²) in [6, 6.07) is 15.7. The lowest BCUT2D eigenvalue weighted by Crippen LogP contribution is -2.08. The maximum Gasteiger partial charge on any atom is 0.0626 e. The Morgan fingerprint density at radius 2 is 1.69 bits per heavy atom. The van der Waals surface area contributed by atoms with Crippen molar-refractivity contribution in [1.82, 2.24) is 0 Å². The molecular weight excluding hydrogens is 192 g/mol. The van der Waals surface area contributed by atoms with Crippen LogP contribution < -0.4 is 0 Å². The van der Waals surface area contributed by atoms with E-state index < -0.39 is 0 Å². The lowest BCUT2D eigenvalue weighted by molar-refractivity contribution is 0.852. The molecule has 3 aromatic carbocycles. The first-order valence-electron chi connectivity index (χ1n) is 6.27. The van der Waals surface area contributed by atoms with Crippen molar-refractivity contribution in [2.75, 3.05) is 0 Å². The van der Waals surface area contributed by atoms with Gasteiger partial charge < -0.3 is 0 Å². The molecule has 0 unspecified atom stereocenters. The van der Waals surface area contributed by atoms with Gasteiger partial charge in [0.05, 0.1) is 1.37 Å². The summed E-state index contributed by atoms with van der Waals surface area (Å²) >= 11 is 0. The van der Waals surface area contributed by atoms with E-state index in [1.165, 1.54) is 32.7 Å². The van der Waals surface area contributed by atoms with Gasteiger partial charge in [-0.1, -0.05) is 36.4 Å². The molecule has 0 saturated carbocycles. The molecule has 0 spiro atoms. The summed E-state index contributed by atoms with van der Waals surface area (Å²) in [4.78, 5) is 0. The van der Waals surface area contributed by atoms with Gasteiger partial charge in [0, 0.05) is 0 Å². The standard InChI is InChI=1S/C16H12/c1-2-4-13-10-16-14(9-12(13)3-1)6-5-11-7-8-15(11)16/h1-6,9-10H,7-8H2/i5D. The van der Waals surface area contributed by atoms with Gasteiger partial charge in [-0.25, -0.2) is 0 Å². The number of fused-ring (bicyclic) bond motifs is 4. The van der Waals surface area contributed by atoms with Gasteiger partial charge >= 0.3 is 0 Å². The molecule has 0 amide bonds. The molecule has 0 saturated heterocycles. The number of benzene rings is 3. The van der Waals surface area contributed by atoms with Crippen LogP contribution >= 0.6 is 0 Å². The van der Waals surface area contributed by atoms with Crippen LogP contribution in [-0.2, 0) is 12.8 Å². The minimum Gasteiger partial charge on any atom is -0.0616 e. The second-order valence-electron chi connectivity index (χ2n) is 4.53. The van der Waals surface area contributed by atoms with Crippen molar-refractivity contribution in [3.05, 3.63) is 59.6 Å². The Kier molecular flexibility index (Phi) is 1.33. The maximum atomic E-state index is 8.00. The lowest BCUT2D eigenvalue weighted by atomic mass is 9.84. The van der Waals surface area contributed by atoms with Crippen LogP contribution in [0.5, 0.6) is 0 Å². The summed E-state index contributed by atoms with van der Waals surface area (Å²) in [6.07, 6.45) is 2.22. The summed E-state index contributed by atoms with van der Waals surface area (Å²) in [5.41, 5.74) is 2.66. The normalized spacial score (nSPS) is 14.6. The summed E-state index contributed by atoms with van der Waals surface area (Å²) < 4.78 is 8.00. The summed E-state index contributed by atoms with van der Waals surface area (Å²) in [7, 11) is 0. The molecule has 0 heteroatoms. The van der Waals surface area contributed by atoms with E-state index in [0.717, 1.165) is 12.8 Å². The quantitative estimate of drug-likeness (QED) is 0.485. The van der Waals surface area contributed by atoms with Crippen molar-refractivity contribution in [3.63, 3.8) is 0 Å². The zero-order valence-electron chi connectivity index (χ0n) is 9.96. The van der Waals surface area contributed by atoms with Crippen LogP contribution in [0.2, 0.25) is 0 Å². The Balaban J connectivity index is 2.21. The van der Waals surface area contributed by atoms with E-state index in [-0.39, 0.29) is 0 Å². The second-order valence-corrected chi connectivity index (χ2v) is 4.53. The highest BCUT2D eigenvalue weighted by Gasteiger charge is 2.15. The third-order valence-corrected chi connectivity index (χ3v) is 3.63. The monoisotopic (exact) mass is 205 g/mol. The third kappa shape index (κ3) is 0.992. The van der Waals surface area contributed by atoms with Gasteiger partial charge in [-0.2, -0.15) is 0 Å². The first kappa shape index (κ1) is 7.45. The van der Waals surface area contributed by atoms with Gasteiger partial charge in [-0.3, -0.25) is 0 Å². The van der Waals surface area contributed by atoms with Crippen LogP contribution in [-0.4, -0.2) is 0 Å². The highest BCUT2D eigenvalue weighted by molar-refractivity contribution is 6.00. The molecule has 1 aliphatic rings. The Morgan fingerprint density at radius 1 is 0.875 bits per heavy atom. The average Bonchev–Trinajstić information content (AvgIpc) is 2.27. The third-order valence-electron chi connectivity index (χ3n) is 3.63. The van der Waals surface area contributed by atoms with Crippen LogP contribution in [0.15, 0.2) is 48.5 Å². The minimum atomic E-state index is 0.717. The molecule has 1 aliphatic carbocycles. The van der Waals surface area contributed by atoms with Crippen molar-refractivity contribution >= 4 is 21.5 Å². The molecule has 0 heterocycles. The second kappa shape index (κ2) is 2.85. The molecule has 0 aromatic heterocycles. The van der Waals surface area contributed by atoms with Crippen LogP contribution in [0.3, 0.4) is 0 Å². The van der Waals surface area contributed by atoms with Gasteiger partial charge in [0.25, 0.3) is 0 Å². The largest absolute Gasteiger partial charge is 0.0626 e. The number of hydrogen-bond donors (Lipinski definition) is 0. The van der Waals surface area contributed by atoms with Crippen LogP contribution in [0.1, 0.15) is 12.5 Å². The Bertz CT molecular complexity index is 756. The summed E-state index contributed by atoms with van der Waals surface area (Å²) in [6.45, 7) is 0. The van der Waals surface area contributed by atoms with Crippen molar-refractivity contribution in [2.45, 2.75) is 12.8 Å². The van der Waals surface area contributed by atoms with Crippen molar-refractivity contribution in [3.8, 4) is 0 Å². The van der Waals surface area contributed by atoms with Gasteiger partial charge in [-0.15, -0.1) is 0 Å². The fraction of sp³-hybridized carbons (Fsp3) is 0.125. The SMILES string of the molecule is [2H]c1cc2cc3ccccc3cc2c2c1CC2. The van der Waals surface area contributed by atoms with Crippen LogP contribution in [0, 0.1) is 0 Å². The molecule has 0 fully saturated rings. The molecular formula is C16H12. The van der Waals surface area contributed by atoms with Gasteiger partial charge in [0.1, 0.15) is 0 Å². The minimum absolute atomic E-state index is 0.717. The smallest absolute Gasteiger partial charge is 0.0616 e. The summed E-state index contributed by atoms with van der Waals surface area (Å²) in [5, 5.41) is 5.12. The van der Waals surface area contributed by atoms with Gasteiger partial charge in [-0.05, 0) is 57.6 Å². The molecule has 0 bridgehead atoms. The van der Waals surface area contributed by atoms with Crippen molar-refractivity contribution in [1.29, 1.82) is 0 Å². The molecule has 0 radical (unpaired) electrons. The molecule has 0 atom stereocenters. The van der Waals surface area contributed by atoms with Crippen molar-refractivity contribution in [2.24, 2.45) is 0 Å². The Hall–Kier alpha value is -1.82. The van der Waals surface area contributed by atoms with E-state index in [0.29, 0.717) is 6.04 Å². The van der Waals surface area contributed by atoms with Crippen LogP contribution in [0.4, 0.5) is 0 Å². The number of rotatable bonds is 0. The van der Waals surface area contributed by atoms with Crippen molar-refractivity contribution < 1.29 is 1.37 Å². The van der Waals surface area contributed by atoms with Crippen LogP contribution in [0.25, 0.3) is 21.5 Å². The predicted octanol–water partition coefficient (Wildman–Crippen LogP) is 4.09. The fourth-order valence-corrected chi connectivity index (χ4v) is 2.64. The molecule has 4 rings (SSSR count). The zero-order valence-corrected chi connectivity index (χ0v) is 8.96. The van der Waals surface area contributed by atoms with E-state index in [1.54, 1.807) is 0 Å². The lowest BCUT2D eigenvalue weighted by Gasteiger charge is -2.21. The van der Waals surface area contributed by atoms with Gasteiger partial charge in [0.2, 0.25) is 0 Å². The average molecular weight is 205 g/mol. The highest BCUT2D eigenvalue weighted by atomic mass is 14.2. The molecule has 3 aromatic rings. The first-order chi connectivity index (χ1) is 8.33.